The van der Waals surface area contributed by atoms with Gasteiger partial charge in [0.1, 0.15) is 10.9 Å². The molecular formula is C31H41FN6O3S. The predicted octanol–water partition coefficient (Wildman–Crippen LogP) is 3.39. The number of nitrogens with two attached hydrogens (primary N) is 1. The highest BCUT2D eigenvalue weighted by Crippen LogP contribution is 2.24. The zero-order valence-corrected chi connectivity index (χ0v) is 24.8. The molecule has 2 heterocycles. The van der Waals surface area contributed by atoms with Gasteiger partial charge in [-0.3, -0.25) is 14.2 Å². The number of piperidine rings is 1. The van der Waals surface area contributed by atoms with Gasteiger partial charge in [-0.25, -0.2) is 8.42 Å². The van der Waals surface area contributed by atoms with E-state index in [1.54, 1.807) is 41.4 Å². The van der Waals surface area contributed by atoms with Crippen molar-refractivity contribution in [3.05, 3.63) is 84.2 Å². The van der Waals surface area contributed by atoms with Crippen LogP contribution in [-0.2, 0) is 27.7 Å². The number of aromatic nitrogens is 1. The molecule has 0 saturated carbocycles. The highest BCUT2D eigenvalue weighted by Gasteiger charge is 2.33. The summed E-state index contributed by atoms with van der Waals surface area (Å²) in [5, 5.41) is 6.55. The summed E-state index contributed by atoms with van der Waals surface area (Å²) in [7, 11) is -2.33. The number of anilines is 2. The number of carbonyl (C=O) groups is 1. The van der Waals surface area contributed by atoms with Gasteiger partial charge in [-0.05, 0) is 74.4 Å². The molecule has 1 aliphatic heterocycles. The van der Waals surface area contributed by atoms with Crippen molar-refractivity contribution in [1.29, 1.82) is 0 Å². The molecule has 11 heteroatoms. The van der Waals surface area contributed by atoms with Crippen LogP contribution in [0.25, 0.3) is 0 Å². The van der Waals surface area contributed by atoms with Crippen molar-refractivity contribution in [3.63, 3.8) is 0 Å². The van der Waals surface area contributed by atoms with E-state index >= 15 is 0 Å². The third-order valence-electron chi connectivity index (χ3n) is 7.67. The van der Waals surface area contributed by atoms with Gasteiger partial charge in [0.15, 0.2) is 0 Å². The molecule has 0 bridgehead atoms. The summed E-state index contributed by atoms with van der Waals surface area (Å²) in [6.07, 6.45) is 5.55. The first-order chi connectivity index (χ1) is 20.3. The number of likely N-dealkylation sites (tertiary alicyclic amines) is 1. The minimum Gasteiger partial charge on any atom is -0.399 e. The number of nitrogen functional groups attached to an aromatic ring is 1. The zero-order valence-electron chi connectivity index (χ0n) is 24.0. The lowest BCUT2D eigenvalue weighted by Gasteiger charge is -2.34. The van der Waals surface area contributed by atoms with Crippen LogP contribution in [0, 0.1) is 5.92 Å². The molecule has 1 amide bonds. The van der Waals surface area contributed by atoms with E-state index in [9.17, 15) is 17.6 Å². The van der Waals surface area contributed by atoms with Gasteiger partial charge in [-0.2, -0.15) is 4.72 Å². The van der Waals surface area contributed by atoms with Crippen LogP contribution < -0.4 is 21.1 Å². The molecule has 0 spiro atoms. The largest absolute Gasteiger partial charge is 0.399 e. The summed E-state index contributed by atoms with van der Waals surface area (Å²) >= 11 is 0. The van der Waals surface area contributed by atoms with Gasteiger partial charge in [0, 0.05) is 43.8 Å². The maximum absolute atomic E-state index is 13.9. The number of hydrogen-bond donors (Lipinski definition) is 4. The summed E-state index contributed by atoms with van der Waals surface area (Å²) in [5.41, 5.74) is 8.72. The van der Waals surface area contributed by atoms with Crippen molar-refractivity contribution in [3.8, 4) is 0 Å². The second kappa shape index (κ2) is 15.1. The number of pyridine rings is 1. The Kier molecular flexibility index (Phi) is 11.3. The van der Waals surface area contributed by atoms with Gasteiger partial charge in [-0.1, -0.05) is 42.5 Å². The maximum Gasteiger partial charge on any atom is 0.244 e. The highest BCUT2D eigenvalue weighted by atomic mass is 32.2. The smallest absolute Gasteiger partial charge is 0.244 e. The fraction of sp³-hybridized carbons (Fsp3) is 0.419. The van der Waals surface area contributed by atoms with Crippen LogP contribution in [0.5, 0.6) is 0 Å². The zero-order chi connectivity index (χ0) is 30.0. The Morgan fingerprint density at radius 3 is 2.40 bits per heavy atom. The molecule has 226 valence electrons. The summed E-state index contributed by atoms with van der Waals surface area (Å²) in [5.74, 6) is -0.0682. The number of rotatable bonds is 14. The standard InChI is InChI=1S/C31H41FN6O3S/c1-34-21-27(19-24-5-3-2-4-6-24)36-28-12-16-35-22-30(28)42(40,41)37-29(20-25-7-9-26(33)10-8-25)31(39)38-17-13-23(11-15-32)14-18-38/h2-10,12,16,22-23,27,29,34,37H,11,13-15,17-21,33H2,1H3,(H,35,36)/t27-,29-/m0/s1. The van der Waals surface area contributed by atoms with Gasteiger partial charge in [0.05, 0.1) is 12.4 Å². The summed E-state index contributed by atoms with van der Waals surface area (Å²) in [6.45, 7) is 1.16. The lowest BCUT2D eigenvalue weighted by atomic mass is 9.93. The third kappa shape index (κ3) is 8.73. The molecule has 0 radical (unpaired) electrons. The van der Waals surface area contributed by atoms with E-state index in [4.69, 9.17) is 5.73 Å². The quantitative estimate of drug-likeness (QED) is 0.210. The minimum atomic E-state index is -4.17. The van der Waals surface area contributed by atoms with Gasteiger partial charge >= 0.3 is 0 Å². The normalized spacial score (nSPS) is 15.7. The Bertz CT molecular complexity index is 1380. The Morgan fingerprint density at radius 2 is 1.74 bits per heavy atom. The van der Waals surface area contributed by atoms with Gasteiger partial charge in [0.25, 0.3) is 0 Å². The topological polar surface area (TPSA) is 129 Å². The van der Waals surface area contributed by atoms with Crippen molar-refractivity contribution >= 4 is 27.3 Å². The number of hydrogen-bond acceptors (Lipinski definition) is 7. The van der Waals surface area contributed by atoms with Crippen LogP contribution in [-0.4, -0.2) is 69.6 Å². The molecule has 3 aromatic rings. The van der Waals surface area contributed by atoms with Crippen LogP contribution >= 0.6 is 0 Å². The van der Waals surface area contributed by atoms with Crippen molar-refractivity contribution in [2.45, 2.75) is 49.1 Å². The molecule has 4 rings (SSSR count). The van der Waals surface area contributed by atoms with E-state index in [0.717, 1.165) is 11.1 Å². The molecular weight excluding hydrogens is 555 g/mol. The third-order valence-corrected chi connectivity index (χ3v) is 9.17. The Morgan fingerprint density at radius 1 is 1.05 bits per heavy atom. The molecule has 2 aromatic carbocycles. The fourth-order valence-electron chi connectivity index (χ4n) is 5.39. The van der Waals surface area contributed by atoms with Crippen molar-refractivity contribution < 1.29 is 17.6 Å². The van der Waals surface area contributed by atoms with Gasteiger partial charge in [-0.15, -0.1) is 0 Å². The van der Waals surface area contributed by atoms with Crippen LogP contribution in [0.2, 0.25) is 0 Å². The van der Waals surface area contributed by atoms with E-state index in [2.05, 4.69) is 20.3 Å². The number of alkyl halides is 1. The van der Waals surface area contributed by atoms with Crippen LogP contribution in [0.3, 0.4) is 0 Å². The Hall–Kier alpha value is -3.54. The summed E-state index contributed by atoms with van der Waals surface area (Å²) in [4.78, 5) is 19.5. The van der Waals surface area contributed by atoms with E-state index in [-0.39, 0.29) is 35.9 Å². The predicted molar refractivity (Wildman–Crippen MR) is 164 cm³/mol. The molecule has 2 atom stereocenters. The first-order valence-corrected chi connectivity index (χ1v) is 15.9. The molecule has 1 saturated heterocycles. The van der Waals surface area contributed by atoms with E-state index in [1.807, 2.05) is 37.4 Å². The average Bonchev–Trinajstić information content (AvgIpc) is 2.99. The monoisotopic (exact) mass is 596 g/mol. The number of amides is 1. The van der Waals surface area contributed by atoms with Crippen molar-refractivity contribution in [1.82, 2.24) is 19.9 Å². The number of nitrogens with zero attached hydrogens (tertiary/aromatic N) is 2. The van der Waals surface area contributed by atoms with Crippen LogP contribution in [0.15, 0.2) is 78.0 Å². The first kappa shape index (κ1) is 31.4. The molecule has 9 nitrogen and oxygen atoms in total. The van der Waals surface area contributed by atoms with Gasteiger partial charge in [0.2, 0.25) is 15.9 Å². The SMILES string of the molecule is CNC[C@H](Cc1ccccc1)Nc1ccncc1S(=O)(=O)N[C@@H](Cc1ccc(N)cc1)C(=O)N1CCC(CCF)CC1. The van der Waals surface area contributed by atoms with Crippen LogP contribution in [0.1, 0.15) is 30.4 Å². The van der Waals surface area contributed by atoms with E-state index in [1.165, 1.54) is 6.20 Å². The first-order valence-electron chi connectivity index (χ1n) is 14.4. The summed E-state index contributed by atoms with van der Waals surface area (Å²) in [6, 6.07) is 17.5. The molecule has 1 fully saturated rings. The van der Waals surface area contributed by atoms with Gasteiger partial charge < -0.3 is 21.3 Å². The molecule has 1 aromatic heterocycles. The number of likely N-dealkylation sites (N-methyl/N-ethyl adjacent to an activating group) is 1. The average molecular weight is 597 g/mol. The van der Waals surface area contributed by atoms with E-state index < -0.39 is 16.1 Å². The minimum absolute atomic E-state index is 0.0316. The Labute approximate surface area is 248 Å². The lowest BCUT2D eigenvalue weighted by molar-refractivity contribution is -0.134. The van der Waals surface area contributed by atoms with Crippen molar-refractivity contribution in [2.24, 2.45) is 5.92 Å². The second-order valence-corrected chi connectivity index (χ2v) is 12.5. The molecule has 0 unspecified atom stereocenters. The molecule has 0 aliphatic carbocycles. The Balaban J connectivity index is 1.57. The number of benzene rings is 2. The maximum atomic E-state index is 13.9. The van der Waals surface area contributed by atoms with Crippen molar-refractivity contribution in [2.75, 3.05) is 44.4 Å². The lowest BCUT2D eigenvalue weighted by Crippen LogP contribution is -2.51. The summed E-state index contributed by atoms with van der Waals surface area (Å²) < 4.78 is 43.3. The highest BCUT2D eigenvalue weighted by molar-refractivity contribution is 7.89. The number of halogens is 1. The molecule has 5 N–H and O–H groups in total. The number of sulfonamides is 1. The second-order valence-electron chi connectivity index (χ2n) is 10.8. The van der Waals surface area contributed by atoms with Crippen LogP contribution in [0.4, 0.5) is 15.8 Å². The molecule has 42 heavy (non-hydrogen) atoms. The molecule has 1 aliphatic rings. The van der Waals surface area contributed by atoms with E-state index in [0.29, 0.717) is 56.7 Å². The number of carbonyl (C=O) groups excluding carboxylic acids is 1. The fourth-order valence-corrected chi connectivity index (χ4v) is 6.69. The number of nitrogens with one attached hydrogen (secondary N) is 3.